The molecule has 0 atom stereocenters. The summed E-state index contributed by atoms with van der Waals surface area (Å²) in [5.74, 6) is 0.316. The molecule has 0 aliphatic carbocycles. The third-order valence-corrected chi connectivity index (χ3v) is 4.73. The lowest BCUT2D eigenvalue weighted by molar-refractivity contribution is -0.127. The Morgan fingerprint density at radius 1 is 1.27 bits per heavy atom. The van der Waals surface area contributed by atoms with Crippen LogP contribution in [0.1, 0.15) is 16.0 Å². The molecule has 0 saturated carbocycles. The van der Waals surface area contributed by atoms with Gasteiger partial charge in [0.2, 0.25) is 5.91 Å². The SMILES string of the molecule is Cc1cc(CN=C(NCCc2cccs2)NCC(=O)N(C)C)ccc1F. The van der Waals surface area contributed by atoms with Crippen molar-refractivity contribution < 1.29 is 9.18 Å². The van der Waals surface area contributed by atoms with E-state index in [9.17, 15) is 9.18 Å². The van der Waals surface area contributed by atoms with Gasteiger partial charge in [-0.25, -0.2) is 9.38 Å². The summed E-state index contributed by atoms with van der Waals surface area (Å²) < 4.78 is 13.4. The van der Waals surface area contributed by atoms with E-state index in [0.29, 0.717) is 24.6 Å². The summed E-state index contributed by atoms with van der Waals surface area (Å²) in [6.45, 7) is 3.02. The van der Waals surface area contributed by atoms with Gasteiger partial charge in [-0.2, -0.15) is 0 Å². The average molecular weight is 377 g/mol. The zero-order valence-corrected chi connectivity index (χ0v) is 16.2. The highest BCUT2D eigenvalue weighted by atomic mass is 32.1. The molecular weight excluding hydrogens is 351 g/mol. The van der Waals surface area contributed by atoms with Crippen LogP contribution in [0.5, 0.6) is 0 Å². The molecule has 0 fully saturated rings. The van der Waals surface area contributed by atoms with Gasteiger partial charge in [-0.15, -0.1) is 11.3 Å². The van der Waals surface area contributed by atoms with Gasteiger partial charge in [-0.05, 0) is 42.0 Å². The number of amides is 1. The number of carbonyl (C=O) groups excluding carboxylic acids is 1. The van der Waals surface area contributed by atoms with Crippen LogP contribution in [0.2, 0.25) is 0 Å². The van der Waals surface area contributed by atoms with Crippen LogP contribution in [-0.4, -0.2) is 44.0 Å². The van der Waals surface area contributed by atoms with Gasteiger partial charge in [0.1, 0.15) is 5.82 Å². The maximum Gasteiger partial charge on any atom is 0.241 e. The molecule has 1 heterocycles. The molecule has 140 valence electrons. The topological polar surface area (TPSA) is 56.7 Å². The summed E-state index contributed by atoms with van der Waals surface area (Å²) in [6.07, 6.45) is 0.885. The number of likely N-dealkylation sites (N-methyl/N-ethyl adjacent to an activating group) is 1. The number of halogens is 1. The van der Waals surface area contributed by atoms with E-state index in [-0.39, 0.29) is 18.3 Å². The number of guanidine groups is 1. The van der Waals surface area contributed by atoms with Gasteiger partial charge >= 0.3 is 0 Å². The van der Waals surface area contributed by atoms with Gasteiger partial charge in [0.05, 0.1) is 13.1 Å². The van der Waals surface area contributed by atoms with E-state index >= 15 is 0 Å². The Labute approximate surface area is 157 Å². The van der Waals surface area contributed by atoms with Crippen molar-refractivity contribution in [1.82, 2.24) is 15.5 Å². The average Bonchev–Trinajstić information content (AvgIpc) is 3.12. The van der Waals surface area contributed by atoms with E-state index in [0.717, 1.165) is 12.0 Å². The fourth-order valence-electron chi connectivity index (χ4n) is 2.23. The Balaban J connectivity index is 1.97. The first-order valence-corrected chi connectivity index (χ1v) is 9.33. The first-order chi connectivity index (χ1) is 12.5. The highest BCUT2D eigenvalue weighted by Gasteiger charge is 2.06. The third kappa shape index (κ3) is 6.48. The van der Waals surface area contributed by atoms with Gasteiger partial charge in [0, 0.05) is 25.5 Å². The second-order valence-corrected chi connectivity index (χ2v) is 7.18. The summed E-state index contributed by atoms with van der Waals surface area (Å²) >= 11 is 1.71. The quantitative estimate of drug-likeness (QED) is 0.577. The maximum atomic E-state index is 13.4. The van der Waals surface area contributed by atoms with Crippen LogP contribution in [-0.2, 0) is 17.8 Å². The second kappa shape index (κ2) is 9.91. The normalized spacial score (nSPS) is 11.3. The Kier molecular flexibility index (Phi) is 7.59. The Morgan fingerprint density at radius 2 is 2.08 bits per heavy atom. The van der Waals surface area contributed by atoms with E-state index in [1.165, 1.54) is 15.8 Å². The van der Waals surface area contributed by atoms with E-state index in [1.807, 2.05) is 6.07 Å². The smallest absolute Gasteiger partial charge is 0.241 e. The standard InChI is InChI=1S/C19H25FN4OS/c1-14-11-15(6-7-17(14)20)12-22-19(23-13-18(25)24(2)3)21-9-8-16-5-4-10-26-16/h4-7,10-11H,8-9,12-13H2,1-3H3,(H2,21,22,23). The molecule has 7 heteroatoms. The first kappa shape index (κ1) is 19.9. The van der Waals surface area contributed by atoms with Crippen LogP contribution >= 0.6 is 11.3 Å². The van der Waals surface area contributed by atoms with Crippen LogP contribution < -0.4 is 10.6 Å². The molecule has 26 heavy (non-hydrogen) atoms. The second-order valence-electron chi connectivity index (χ2n) is 6.15. The van der Waals surface area contributed by atoms with E-state index in [1.54, 1.807) is 44.5 Å². The largest absolute Gasteiger partial charge is 0.356 e. The minimum Gasteiger partial charge on any atom is -0.356 e. The van der Waals surface area contributed by atoms with Crippen molar-refractivity contribution in [1.29, 1.82) is 0 Å². The summed E-state index contributed by atoms with van der Waals surface area (Å²) in [6, 6.07) is 9.08. The summed E-state index contributed by atoms with van der Waals surface area (Å²) in [5.41, 5.74) is 1.52. The summed E-state index contributed by atoms with van der Waals surface area (Å²) in [4.78, 5) is 19.1. The summed E-state index contributed by atoms with van der Waals surface area (Å²) in [5, 5.41) is 8.35. The molecule has 2 N–H and O–H groups in total. The number of thiophene rings is 1. The first-order valence-electron chi connectivity index (χ1n) is 8.45. The predicted molar refractivity (Wildman–Crippen MR) is 105 cm³/mol. The molecule has 0 aliphatic heterocycles. The van der Waals surface area contributed by atoms with Crippen LogP contribution in [0.4, 0.5) is 4.39 Å². The molecule has 0 radical (unpaired) electrons. The summed E-state index contributed by atoms with van der Waals surface area (Å²) in [7, 11) is 3.43. The monoisotopic (exact) mass is 376 g/mol. The number of hydrogen-bond acceptors (Lipinski definition) is 3. The zero-order valence-electron chi connectivity index (χ0n) is 15.4. The van der Waals surface area contributed by atoms with Crippen LogP contribution in [0.25, 0.3) is 0 Å². The number of nitrogens with zero attached hydrogens (tertiary/aromatic N) is 2. The van der Waals surface area contributed by atoms with Crippen molar-refractivity contribution in [3.05, 3.63) is 57.5 Å². The third-order valence-electron chi connectivity index (χ3n) is 3.79. The lowest BCUT2D eigenvalue weighted by Crippen LogP contribution is -2.43. The minimum atomic E-state index is -0.221. The molecule has 1 amide bonds. The number of aliphatic imine (C=N–C) groups is 1. The van der Waals surface area contributed by atoms with E-state index < -0.39 is 0 Å². The Morgan fingerprint density at radius 3 is 2.73 bits per heavy atom. The Bertz CT molecular complexity index is 744. The van der Waals surface area contributed by atoms with Crippen molar-refractivity contribution in [3.63, 3.8) is 0 Å². The van der Waals surface area contributed by atoms with Crippen molar-refractivity contribution in [3.8, 4) is 0 Å². The minimum absolute atomic E-state index is 0.0321. The molecule has 0 aliphatic rings. The fourth-order valence-corrected chi connectivity index (χ4v) is 2.94. The molecule has 0 saturated heterocycles. The predicted octanol–water partition coefficient (Wildman–Crippen LogP) is 2.56. The number of carbonyl (C=O) groups is 1. The molecule has 1 aromatic heterocycles. The highest BCUT2D eigenvalue weighted by Crippen LogP contribution is 2.10. The van der Waals surface area contributed by atoms with Crippen molar-refractivity contribution in [2.24, 2.45) is 4.99 Å². The highest BCUT2D eigenvalue weighted by molar-refractivity contribution is 7.09. The van der Waals surface area contributed by atoms with Gasteiger partial charge in [-0.1, -0.05) is 18.2 Å². The number of hydrogen-bond donors (Lipinski definition) is 2. The van der Waals surface area contributed by atoms with E-state index in [2.05, 4.69) is 27.1 Å². The van der Waals surface area contributed by atoms with Gasteiger partial charge < -0.3 is 15.5 Å². The van der Waals surface area contributed by atoms with Crippen LogP contribution in [0.15, 0.2) is 40.7 Å². The fraction of sp³-hybridized carbons (Fsp3) is 0.368. The maximum absolute atomic E-state index is 13.4. The molecule has 2 aromatic rings. The van der Waals surface area contributed by atoms with Crippen molar-refractivity contribution in [2.75, 3.05) is 27.2 Å². The molecule has 5 nitrogen and oxygen atoms in total. The lowest BCUT2D eigenvalue weighted by atomic mass is 10.1. The van der Waals surface area contributed by atoms with Crippen LogP contribution in [0.3, 0.4) is 0 Å². The van der Waals surface area contributed by atoms with Gasteiger partial charge in [-0.3, -0.25) is 4.79 Å². The molecular formula is C19H25FN4OS. The number of rotatable bonds is 7. The zero-order chi connectivity index (χ0) is 18.9. The molecule has 1 aromatic carbocycles. The lowest BCUT2D eigenvalue weighted by Gasteiger charge is -2.15. The van der Waals surface area contributed by atoms with E-state index in [4.69, 9.17) is 0 Å². The number of benzene rings is 1. The Hall–Kier alpha value is -2.41. The van der Waals surface area contributed by atoms with Crippen molar-refractivity contribution >= 4 is 23.2 Å². The number of nitrogens with one attached hydrogen (secondary N) is 2. The number of aryl methyl sites for hydroxylation is 1. The molecule has 0 spiro atoms. The van der Waals surface area contributed by atoms with Gasteiger partial charge in [0.15, 0.2) is 5.96 Å². The molecule has 0 bridgehead atoms. The van der Waals surface area contributed by atoms with Crippen molar-refractivity contribution in [2.45, 2.75) is 19.9 Å². The molecule has 2 rings (SSSR count). The molecule has 0 unspecified atom stereocenters. The van der Waals surface area contributed by atoms with Crippen LogP contribution in [0, 0.1) is 12.7 Å². The van der Waals surface area contributed by atoms with Gasteiger partial charge in [0.25, 0.3) is 0 Å².